The average molecular weight is 266 g/mol. The summed E-state index contributed by atoms with van der Waals surface area (Å²) in [6.45, 7) is 0.810. The lowest BCUT2D eigenvalue weighted by Gasteiger charge is -2.04. The molecule has 1 saturated carbocycles. The summed E-state index contributed by atoms with van der Waals surface area (Å²) in [4.78, 5) is 4.03. The number of aryl methyl sites for hydroxylation is 1. The molecule has 4 nitrogen and oxygen atoms in total. The van der Waals surface area contributed by atoms with Gasteiger partial charge in [-0.2, -0.15) is 18.3 Å². The van der Waals surface area contributed by atoms with Gasteiger partial charge in [0.2, 0.25) is 0 Å². The van der Waals surface area contributed by atoms with E-state index in [0.29, 0.717) is 18.4 Å². The summed E-state index contributed by atoms with van der Waals surface area (Å²) in [5.74, 6) is 0.594. The van der Waals surface area contributed by atoms with E-state index in [9.17, 15) is 13.2 Å². The summed E-state index contributed by atoms with van der Waals surface area (Å²) in [5, 5.41) is 7.33. The number of thioether (sulfide) groups is 1. The first-order chi connectivity index (χ1) is 8.03. The molecule has 0 aliphatic heterocycles. The van der Waals surface area contributed by atoms with Crippen molar-refractivity contribution in [2.75, 3.05) is 5.75 Å². The van der Waals surface area contributed by atoms with E-state index < -0.39 is 5.51 Å². The number of nitrogens with one attached hydrogen (secondary N) is 1. The highest BCUT2D eigenvalue weighted by Gasteiger charge is 2.27. The molecule has 2 rings (SSSR count). The van der Waals surface area contributed by atoms with Crippen molar-refractivity contribution >= 4 is 11.8 Å². The van der Waals surface area contributed by atoms with Crippen LogP contribution >= 0.6 is 11.8 Å². The summed E-state index contributed by atoms with van der Waals surface area (Å²) in [5.41, 5.74) is -4.17. The molecule has 0 bridgehead atoms. The fourth-order valence-corrected chi connectivity index (χ4v) is 1.81. The van der Waals surface area contributed by atoms with Crippen LogP contribution in [-0.2, 0) is 13.1 Å². The SMILES string of the molecule is FC(F)(F)SCCn1cnc(CNC2CC2)n1. The molecule has 1 fully saturated rings. The molecule has 0 aromatic carbocycles. The lowest BCUT2D eigenvalue weighted by Crippen LogP contribution is -2.16. The molecule has 96 valence electrons. The maximum Gasteiger partial charge on any atom is 0.441 e. The first-order valence-corrected chi connectivity index (χ1v) is 6.34. The van der Waals surface area contributed by atoms with E-state index in [1.807, 2.05) is 0 Å². The molecule has 0 amide bonds. The lowest BCUT2D eigenvalue weighted by molar-refractivity contribution is -0.0328. The highest BCUT2D eigenvalue weighted by molar-refractivity contribution is 8.00. The van der Waals surface area contributed by atoms with Gasteiger partial charge in [-0.05, 0) is 24.6 Å². The van der Waals surface area contributed by atoms with E-state index >= 15 is 0 Å². The molecule has 1 aromatic rings. The zero-order valence-electron chi connectivity index (χ0n) is 9.07. The Kier molecular flexibility index (Phi) is 3.93. The number of halogens is 3. The second-order valence-electron chi connectivity index (χ2n) is 3.87. The predicted octanol–water partition coefficient (Wildman–Crippen LogP) is 1.78. The van der Waals surface area contributed by atoms with Crippen LogP contribution < -0.4 is 5.32 Å². The molecule has 0 unspecified atom stereocenters. The Labute approximate surface area is 101 Å². The quantitative estimate of drug-likeness (QED) is 0.852. The van der Waals surface area contributed by atoms with E-state index in [-0.39, 0.29) is 24.1 Å². The Morgan fingerprint density at radius 3 is 2.88 bits per heavy atom. The van der Waals surface area contributed by atoms with Crippen molar-refractivity contribution < 1.29 is 13.2 Å². The normalized spacial score (nSPS) is 16.4. The smallest absolute Gasteiger partial charge is 0.307 e. The number of alkyl halides is 3. The molecular weight excluding hydrogens is 253 g/mol. The molecule has 1 heterocycles. The molecule has 1 N–H and O–H groups in total. The van der Waals surface area contributed by atoms with Crippen LogP contribution in [-0.4, -0.2) is 32.1 Å². The van der Waals surface area contributed by atoms with Crippen LogP contribution in [0.2, 0.25) is 0 Å². The summed E-state index contributed by atoms with van der Waals surface area (Å²) in [6.07, 6.45) is 3.84. The predicted molar refractivity (Wildman–Crippen MR) is 58.4 cm³/mol. The van der Waals surface area contributed by atoms with Gasteiger partial charge in [0.15, 0.2) is 5.82 Å². The first-order valence-electron chi connectivity index (χ1n) is 5.35. The van der Waals surface area contributed by atoms with Crippen LogP contribution in [0.4, 0.5) is 13.2 Å². The molecule has 1 aliphatic carbocycles. The average Bonchev–Trinajstić information content (AvgIpc) is 2.95. The number of rotatable bonds is 6. The van der Waals surface area contributed by atoms with Crippen molar-refractivity contribution in [3.8, 4) is 0 Å². The Bertz CT molecular complexity index is 361. The molecule has 1 aliphatic rings. The van der Waals surface area contributed by atoms with Gasteiger partial charge in [0.25, 0.3) is 0 Å². The Balaban J connectivity index is 1.69. The van der Waals surface area contributed by atoms with Gasteiger partial charge in [-0.15, -0.1) is 0 Å². The van der Waals surface area contributed by atoms with E-state index in [1.165, 1.54) is 23.9 Å². The second kappa shape index (κ2) is 5.26. The largest absolute Gasteiger partial charge is 0.441 e. The van der Waals surface area contributed by atoms with Crippen LogP contribution in [0.25, 0.3) is 0 Å². The second-order valence-corrected chi connectivity index (χ2v) is 5.03. The van der Waals surface area contributed by atoms with Gasteiger partial charge >= 0.3 is 5.51 Å². The fraction of sp³-hybridized carbons (Fsp3) is 0.778. The lowest BCUT2D eigenvalue weighted by atomic mass is 10.5. The summed E-state index contributed by atoms with van der Waals surface area (Å²) >= 11 is -0.0383. The zero-order valence-corrected chi connectivity index (χ0v) is 9.89. The minimum atomic E-state index is -4.17. The van der Waals surface area contributed by atoms with E-state index in [0.717, 1.165) is 0 Å². The molecular formula is C9H13F3N4S. The van der Waals surface area contributed by atoms with Gasteiger partial charge in [-0.25, -0.2) is 4.98 Å². The minimum absolute atomic E-state index is 0.0383. The van der Waals surface area contributed by atoms with Crippen molar-refractivity contribution in [1.82, 2.24) is 20.1 Å². The van der Waals surface area contributed by atoms with Crippen molar-refractivity contribution in [2.45, 2.75) is 37.5 Å². The van der Waals surface area contributed by atoms with Crippen LogP contribution in [0.15, 0.2) is 6.33 Å². The maximum atomic E-state index is 11.9. The summed E-state index contributed by atoms with van der Waals surface area (Å²) in [6, 6.07) is 0.572. The number of hydrogen-bond donors (Lipinski definition) is 1. The molecule has 8 heteroatoms. The zero-order chi connectivity index (χ0) is 12.3. The minimum Gasteiger partial charge on any atom is -0.307 e. The van der Waals surface area contributed by atoms with E-state index in [2.05, 4.69) is 15.4 Å². The Hall–Kier alpha value is -0.760. The summed E-state index contributed by atoms with van der Waals surface area (Å²) in [7, 11) is 0. The van der Waals surface area contributed by atoms with Crippen molar-refractivity contribution in [3.63, 3.8) is 0 Å². The molecule has 0 radical (unpaired) electrons. The fourth-order valence-electron chi connectivity index (χ4n) is 1.30. The monoisotopic (exact) mass is 266 g/mol. The molecule has 1 aromatic heterocycles. The third kappa shape index (κ3) is 4.95. The Morgan fingerprint density at radius 1 is 1.47 bits per heavy atom. The molecule has 0 saturated heterocycles. The van der Waals surface area contributed by atoms with Crippen molar-refractivity contribution in [1.29, 1.82) is 0 Å². The molecule has 0 spiro atoms. The van der Waals surface area contributed by atoms with Gasteiger partial charge in [-0.3, -0.25) is 4.68 Å². The highest BCUT2D eigenvalue weighted by atomic mass is 32.2. The van der Waals surface area contributed by atoms with Gasteiger partial charge in [-0.1, -0.05) is 0 Å². The summed E-state index contributed by atoms with van der Waals surface area (Å²) < 4.78 is 37.1. The molecule has 0 atom stereocenters. The Morgan fingerprint density at radius 2 is 2.24 bits per heavy atom. The van der Waals surface area contributed by atoms with Gasteiger partial charge in [0.1, 0.15) is 6.33 Å². The van der Waals surface area contributed by atoms with Crippen LogP contribution in [0.3, 0.4) is 0 Å². The van der Waals surface area contributed by atoms with Crippen LogP contribution in [0.5, 0.6) is 0 Å². The van der Waals surface area contributed by atoms with Crippen molar-refractivity contribution in [3.05, 3.63) is 12.2 Å². The van der Waals surface area contributed by atoms with E-state index in [4.69, 9.17) is 0 Å². The number of hydrogen-bond acceptors (Lipinski definition) is 4. The highest BCUT2D eigenvalue weighted by Crippen LogP contribution is 2.29. The van der Waals surface area contributed by atoms with Crippen LogP contribution in [0.1, 0.15) is 18.7 Å². The number of nitrogens with zero attached hydrogens (tertiary/aromatic N) is 3. The van der Waals surface area contributed by atoms with E-state index in [1.54, 1.807) is 0 Å². The van der Waals surface area contributed by atoms with Gasteiger partial charge in [0.05, 0.1) is 13.1 Å². The molecule has 17 heavy (non-hydrogen) atoms. The first kappa shape index (κ1) is 12.7. The number of aromatic nitrogens is 3. The standard InChI is InChI=1S/C9H13F3N4S/c10-9(11,12)17-4-3-16-6-14-8(15-16)5-13-7-1-2-7/h6-7,13H,1-5H2. The van der Waals surface area contributed by atoms with Crippen molar-refractivity contribution in [2.24, 2.45) is 0 Å². The van der Waals surface area contributed by atoms with Gasteiger partial charge < -0.3 is 5.32 Å². The third-order valence-electron chi connectivity index (χ3n) is 2.30. The van der Waals surface area contributed by atoms with Crippen LogP contribution in [0, 0.1) is 0 Å². The third-order valence-corrected chi connectivity index (χ3v) is 3.01. The topological polar surface area (TPSA) is 42.7 Å². The van der Waals surface area contributed by atoms with Gasteiger partial charge in [0, 0.05) is 11.8 Å². The maximum absolute atomic E-state index is 11.9.